The zero-order valence-electron chi connectivity index (χ0n) is 8.38. The van der Waals surface area contributed by atoms with E-state index in [1.54, 1.807) is 0 Å². The highest BCUT2D eigenvalue weighted by Crippen LogP contribution is 2.15. The largest absolute Gasteiger partial charge is 0.383 e. The Labute approximate surface area is 80.1 Å². The number of hydrogen-bond donors (Lipinski definition) is 2. The molecule has 0 radical (unpaired) electrons. The molecule has 0 aromatic heterocycles. The Hall–Kier alpha value is -1.02. The first-order chi connectivity index (χ1) is 6.24. The van der Waals surface area contributed by atoms with Gasteiger partial charge in [0, 0.05) is 11.7 Å². The van der Waals surface area contributed by atoms with Crippen LogP contribution >= 0.6 is 0 Å². The molecule has 0 fully saturated rings. The second kappa shape index (κ2) is 4.87. The first-order valence-electron chi connectivity index (χ1n) is 4.78. The third-order valence-corrected chi connectivity index (χ3v) is 1.88. The Morgan fingerprint density at radius 2 is 2.00 bits per heavy atom. The summed E-state index contributed by atoms with van der Waals surface area (Å²) in [5.41, 5.74) is 8.05. The molecule has 0 saturated carbocycles. The molecule has 13 heavy (non-hydrogen) atoms. The van der Waals surface area contributed by atoms with Gasteiger partial charge in [-0.2, -0.15) is 0 Å². The van der Waals surface area contributed by atoms with Gasteiger partial charge in [0.2, 0.25) is 0 Å². The van der Waals surface area contributed by atoms with Crippen molar-refractivity contribution >= 4 is 5.69 Å². The van der Waals surface area contributed by atoms with E-state index < -0.39 is 0 Å². The summed E-state index contributed by atoms with van der Waals surface area (Å²) < 4.78 is 0. The van der Waals surface area contributed by atoms with Crippen LogP contribution in [0, 0.1) is 0 Å². The summed E-state index contributed by atoms with van der Waals surface area (Å²) in [4.78, 5) is 0. The number of anilines is 1. The van der Waals surface area contributed by atoms with Crippen LogP contribution in [0.4, 0.5) is 5.69 Å². The lowest BCUT2D eigenvalue weighted by Crippen LogP contribution is -2.13. The van der Waals surface area contributed by atoms with Crippen molar-refractivity contribution in [3.63, 3.8) is 0 Å². The maximum absolute atomic E-state index is 5.53. The molecule has 2 nitrogen and oxygen atoms in total. The smallest absolute Gasteiger partial charge is 0.0375 e. The van der Waals surface area contributed by atoms with Gasteiger partial charge in [-0.15, -0.1) is 0 Å². The van der Waals surface area contributed by atoms with Gasteiger partial charge >= 0.3 is 0 Å². The minimum Gasteiger partial charge on any atom is -0.383 e. The summed E-state index contributed by atoms with van der Waals surface area (Å²) >= 11 is 0. The van der Waals surface area contributed by atoms with Crippen LogP contribution in [0.15, 0.2) is 24.3 Å². The zero-order valence-corrected chi connectivity index (χ0v) is 8.38. The quantitative estimate of drug-likeness (QED) is 0.740. The van der Waals surface area contributed by atoms with Gasteiger partial charge in [0.15, 0.2) is 0 Å². The SMILES string of the molecule is CC(C)Nc1ccccc1CCN. The Kier molecular flexibility index (Phi) is 3.77. The summed E-state index contributed by atoms with van der Waals surface area (Å²) in [5, 5.41) is 3.40. The fourth-order valence-electron chi connectivity index (χ4n) is 1.35. The van der Waals surface area contributed by atoms with Crippen LogP contribution in [0.25, 0.3) is 0 Å². The molecule has 0 heterocycles. The van der Waals surface area contributed by atoms with Crippen molar-refractivity contribution in [1.29, 1.82) is 0 Å². The molecule has 0 amide bonds. The molecule has 72 valence electrons. The van der Waals surface area contributed by atoms with Crippen LogP contribution in [-0.2, 0) is 6.42 Å². The first-order valence-corrected chi connectivity index (χ1v) is 4.78. The molecule has 0 aliphatic carbocycles. The zero-order chi connectivity index (χ0) is 9.68. The van der Waals surface area contributed by atoms with Crippen molar-refractivity contribution in [2.24, 2.45) is 5.73 Å². The van der Waals surface area contributed by atoms with Crippen LogP contribution in [0.2, 0.25) is 0 Å². The van der Waals surface area contributed by atoms with E-state index in [0.29, 0.717) is 12.6 Å². The minimum absolute atomic E-state index is 0.471. The van der Waals surface area contributed by atoms with Gasteiger partial charge in [-0.25, -0.2) is 0 Å². The van der Waals surface area contributed by atoms with E-state index in [1.165, 1.54) is 11.3 Å². The summed E-state index contributed by atoms with van der Waals surface area (Å²) in [6.07, 6.45) is 0.940. The van der Waals surface area contributed by atoms with E-state index in [1.807, 2.05) is 6.07 Å². The Balaban J connectivity index is 2.78. The van der Waals surface area contributed by atoms with Crippen LogP contribution in [0.1, 0.15) is 19.4 Å². The molecule has 0 aliphatic heterocycles. The Morgan fingerprint density at radius 3 is 2.62 bits per heavy atom. The third-order valence-electron chi connectivity index (χ3n) is 1.88. The van der Waals surface area contributed by atoms with Gasteiger partial charge in [-0.1, -0.05) is 18.2 Å². The topological polar surface area (TPSA) is 38.0 Å². The van der Waals surface area contributed by atoms with E-state index >= 15 is 0 Å². The van der Waals surface area contributed by atoms with Gasteiger partial charge in [0.1, 0.15) is 0 Å². The number of hydrogen-bond acceptors (Lipinski definition) is 2. The number of benzene rings is 1. The summed E-state index contributed by atoms with van der Waals surface area (Å²) in [6.45, 7) is 4.98. The Bertz CT molecular complexity index is 256. The number of rotatable bonds is 4. The van der Waals surface area contributed by atoms with Crippen molar-refractivity contribution in [2.75, 3.05) is 11.9 Å². The first kappa shape index (κ1) is 10.1. The van der Waals surface area contributed by atoms with Crippen LogP contribution in [-0.4, -0.2) is 12.6 Å². The normalized spacial score (nSPS) is 10.5. The van der Waals surface area contributed by atoms with Gasteiger partial charge in [-0.3, -0.25) is 0 Å². The highest BCUT2D eigenvalue weighted by atomic mass is 14.9. The predicted octanol–water partition coefficient (Wildman–Crippen LogP) is 2.01. The van der Waals surface area contributed by atoms with Gasteiger partial charge in [-0.05, 0) is 38.4 Å². The lowest BCUT2D eigenvalue weighted by atomic mass is 10.1. The molecule has 0 bridgehead atoms. The van der Waals surface area contributed by atoms with Gasteiger partial charge < -0.3 is 11.1 Å². The second-order valence-electron chi connectivity index (χ2n) is 3.49. The molecule has 0 aliphatic rings. The van der Waals surface area contributed by atoms with E-state index in [2.05, 4.69) is 37.4 Å². The average molecular weight is 178 g/mol. The fraction of sp³-hybridized carbons (Fsp3) is 0.455. The molecule has 3 N–H and O–H groups in total. The summed E-state index contributed by atoms with van der Waals surface area (Å²) in [5.74, 6) is 0. The molecule has 1 aromatic rings. The monoisotopic (exact) mass is 178 g/mol. The molecule has 0 atom stereocenters. The van der Waals surface area contributed by atoms with Crippen molar-refractivity contribution < 1.29 is 0 Å². The highest BCUT2D eigenvalue weighted by molar-refractivity contribution is 5.51. The maximum Gasteiger partial charge on any atom is 0.0375 e. The molecular weight excluding hydrogens is 160 g/mol. The molecule has 2 heteroatoms. The van der Waals surface area contributed by atoms with Crippen molar-refractivity contribution in [3.8, 4) is 0 Å². The number of nitrogens with two attached hydrogens (primary N) is 1. The highest BCUT2D eigenvalue weighted by Gasteiger charge is 2.00. The lowest BCUT2D eigenvalue weighted by molar-refractivity contribution is 0.887. The van der Waals surface area contributed by atoms with Crippen molar-refractivity contribution in [3.05, 3.63) is 29.8 Å². The molecule has 1 aromatic carbocycles. The lowest BCUT2D eigenvalue weighted by Gasteiger charge is -2.13. The molecular formula is C11H18N2. The molecule has 1 rings (SSSR count). The van der Waals surface area contributed by atoms with Gasteiger partial charge in [0.25, 0.3) is 0 Å². The minimum atomic E-state index is 0.471. The molecule has 0 saturated heterocycles. The standard InChI is InChI=1S/C11H18N2/c1-9(2)13-11-6-4-3-5-10(11)7-8-12/h3-6,9,13H,7-8,12H2,1-2H3. The van der Waals surface area contributed by atoms with E-state index in [9.17, 15) is 0 Å². The number of nitrogens with one attached hydrogen (secondary N) is 1. The van der Waals surface area contributed by atoms with Crippen molar-refractivity contribution in [1.82, 2.24) is 0 Å². The number of para-hydroxylation sites is 1. The van der Waals surface area contributed by atoms with E-state index in [-0.39, 0.29) is 0 Å². The van der Waals surface area contributed by atoms with Crippen molar-refractivity contribution in [2.45, 2.75) is 26.3 Å². The van der Waals surface area contributed by atoms with Crippen LogP contribution in [0.3, 0.4) is 0 Å². The van der Waals surface area contributed by atoms with E-state index in [4.69, 9.17) is 5.73 Å². The fourth-order valence-corrected chi connectivity index (χ4v) is 1.35. The summed E-state index contributed by atoms with van der Waals surface area (Å²) in [6, 6.07) is 8.79. The molecule has 0 spiro atoms. The van der Waals surface area contributed by atoms with Gasteiger partial charge in [0.05, 0.1) is 0 Å². The van der Waals surface area contributed by atoms with Crippen LogP contribution < -0.4 is 11.1 Å². The second-order valence-corrected chi connectivity index (χ2v) is 3.49. The third kappa shape index (κ3) is 3.07. The maximum atomic E-state index is 5.53. The Morgan fingerprint density at radius 1 is 1.31 bits per heavy atom. The predicted molar refractivity (Wildman–Crippen MR) is 58.0 cm³/mol. The summed E-state index contributed by atoms with van der Waals surface area (Å²) in [7, 11) is 0. The van der Waals surface area contributed by atoms with E-state index in [0.717, 1.165) is 6.42 Å². The average Bonchev–Trinajstić information content (AvgIpc) is 2.08. The molecule has 0 unspecified atom stereocenters. The van der Waals surface area contributed by atoms with Crippen LogP contribution in [0.5, 0.6) is 0 Å².